The van der Waals surface area contributed by atoms with Gasteiger partial charge in [0, 0.05) is 23.7 Å². The molecule has 1 fully saturated rings. The first-order chi connectivity index (χ1) is 20.1. The maximum absolute atomic E-state index is 13.5. The van der Waals surface area contributed by atoms with E-state index in [1.54, 1.807) is 0 Å². The number of rotatable bonds is 8. The molecule has 1 saturated carbocycles. The van der Waals surface area contributed by atoms with Crippen LogP contribution < -0.4 is 5.32 Å². The zero-order chi connectivity index (χ0) is 33.6. The van der Waals surface area contributed by atoms with Crippen molar-refractivity contribution in [3.63, 3.8) is 0 Å². The monoisotopic (exact) mass is 703 g/mol. The van der Waals surface area contributed by atoms with Crippen LogP contribution in [0.5, 0.6) is 0 Å². The van der Waals surface area contributed by atoms with E-state index in [4.69, 9.17) is 23.2 Å². The van der Waals surface area contributed by atoms with Crippen LogP contribution in [0.2, 0.25) is 10.0 Å². The minimum absolute atomic E-state index is 0.132. The SMILES string of the molecule is CCN(CC(F)(F)F)C(=O)c1nc(C(=O)NC2CC(C(=O)OC)C2)sc1-c1ccc(C(O)(C(F)(F)F)C(F)(F)F)c(Cl)c1Cl. The third kappa shape index (κ3) is 6.87. The number of benzene rings is 1. The van der Waals surface area contributed by atoms with E-state index < -0.39 is 104 Å². The van der Waals surface area contributed by atoms with E-state index >= 15 is 0 Å². The Balaban J connectivity index is 2.13. The van der Waals surface area contributed by atoms with Gasteiger partial charge in [-0.3, -0.25) is 14.4 Å². The number of methoxy groups -OCH3 is 1. The van der Waals surface area contributed by atoms with E-state index in [0.717, 1.165) is 0 Å². The Hall–Kier alpha value is -2.83. The Bertz CT molecular complexity index is 1430. The van der Waals surface area contributed by atoms with Crippen molar-refractivity contribution < 1.29 is 63.7 Å². The van der Waals surface area contributed by atoms with Crippen LogP contribution in [0.3, 0.4) is 0 Å². The molecule has 44 heavy (non-hydrogen) atoms. The number of amides is 2. The molecule has 20 heteroatoms. The normalized spacial score (nSPS) is 17.6. The number of esters is 1. The molecule has 244 valence electrons. The summed E-state index contributed by atoms with van der Waals surface area (Å²) in [5.41, 5.74) is -8.79. The summed E-state index contributed by atoms with van der Waals surface area (Å²) in [6, 6.07) is 0.0906. The summed E-state index contributed by atoms with van der Waals surface area (Å²) < 4.78 is 125. The second-order valence-electron chi connectivity index (χ2n) is 9.49. The van der Waals surface area contributed by atoms with Crippen molar-refractivity contribution in [3.8, 4) is 10.4 Å². The molecule has 0 spiro atoms. The van der Waals surface area contributed by atoms with Gasteiger partial charge in [-0.05, 0) is 19.8 Å². The highest BCUT2D eigenvalue weighted by Gasteiger charge is 2.72. The van der Waals surface area contributed by atoms with Crippen LogP contribution in [0, 0.1) is 5.92 Å². The lowest BCUT2D eigenvalue weighted by molar-refractivity contribution is -0.376. The lowest BCUT2D eigenvalue weighted by atomic mass is 9.80. The van der Waals surface area contributed by atoms with Gasteiger partial charge in [0.1, 0.15) is 12.2 Å². The van der Waals surface area contributed by atoms with Gasteiger partial charge in [0.25, 0.3) is 17.4 Å². The fraction of sp³-hybridized carbons (Fsp3) is 0.500. The Morgan fingerprint density at radius 2 is 1.61 bits per heavy atom. The molecule has 0 unspecified atom stereocenters. The van der Waals surface area contributed by atoms with Crippen molar-refractivity contribution in [1.82, 2.24) is 15.2 Å². The maximum atomic E-state index is 13.5. The number of carbonyl (C=O) groups is 3. The second-order valence-corrected chi connectivity index (χ2v) is 11.2. The number of halogens is 11. The van der Waals surface area contributed by atoms with Crippen LogP contribution >= 0.6 is 34.5 Å². The smallest absolute Gasteiger partial charge is 0.430 e. The Morgan fingerprint density at radius 1 is 1.05 bits per heavy atom. The second kappa shape index (κ2) is 12.5. The van der Waals surface area contributed by atoms with Gasteiger partial charge in [-0.15, -0.1) is 11.3 Å². The summed E-state index contributed by atoms with van der Waals surface area (Å²) in [4.78, 5) is 41.3. The highest BCUT2D eigenvalue weighted by Crippen LogP contribution is 2.54. The molecule has 3 rings (SSSR count). The molecule has 2 aromatic rings. The van der Waals surface area contributed by atoms with E-state index in [0.29, 0.717) is 17.4 Å². The van der Waals surface area contributed by atoms with Crippen LogP contribution in [0.1, 0.15) is 45.6 Å². The minimum Gasteiger partial charge on any atom is -0.469 e. The summed E-state index contributed by atoms with van der Waals surface area (Å²) >= 11 is 12.2. The van der Waals surface area contributed by atoms with Gasteiger partial charge in [-0.25, -0.2) is 4.98 Å². The van der Waals surface area contributed by atoms with Gasteiger partial charge in [-0.2, -0.15) is 39.5 Å². The Morgan fingerprint density at radius 3 is 2.09 bits per heavy atom. The molecule has 8 nitrogen and oxygen atoms in total. The molecule has 0 atom stereocenters. The molecule has 0 aliphatic heterocycles. The van der Waals surface area contributed by atoms with Crippen LogP contribution in [-0.4, -0.2) is 77.5 Å². The fourth-order valence-electron chi connectivity index (χ4n) is 4.25. The molecule has 1 aromatic heterocycles. The number of thiazole rings is 1. The number of nitrogens with zero attached hydrogens (tertiary/aromatic N) is 2. The molecule has 2 N–H and O–H groups in total. The van der Waals surface area contributed by atoms with Crippen molar-refractivity contribution in [2.75, 3.05) is 20.2 Å². The number of carbonyl (C=O) groups excluding carboxylic acids is 3. The zero-order valence-corrected chi connectivity index (χ0v) is 24.5. The largest absolute Gasteiger partial charge is 0.469 e. The average molecular weight is 704 g/mol. The lowest BCUT2D eigenvalue weighted by Crippen LogP contribution is -2.54. The van der Waals surface area contributed by atoms with E-state index in [1.807, 2.05) is 0 Å². The molecule has 2 amide bonds. The van der Waals surface area contributed by atoms with Crippen LogP contribution in [0.25, 0.3) is 10.4 Å². The number of ether oxygens (including phenoxy) is 1. The number of nitrogens with one attached hydrogen (secondary N) is 1. The van der Waals surface area contributed by atoms with Gasteiger partial charge in [0.05, 0.1) is 28.0 Å². The first kappa shape index (κ1) is 35.6. The van der Waals surface area contributed by atoms with Crippen molar-refractivity contribution in [3.05, 3.63) is 38.4 Å². The molecular formula is C24H20Cl2F9N3O5S. The van der Waals surface area contributed by atoms with E-state index in [-0.39, 0.29) is 23.8 Å². The van der Waals surface area contributed by atoms with Crippen LogP contribution in [0.15, 0.2) is 12.1 Å². The quantitative estimate of drug-likeness (QED) is 0.253. The van der Waals surface area contributed by atoms with Crippen LogP contribution in [-0.2, 0) is 15.1 Å². The number of hydrogen-bond acceptors (Lipinski definition) is 7. The fourth-order valence-corrected chi connectivity index (χ4v) is 5.86. The Kier molecular flexibility index (Phi) is 10.1. The van der Waals surface area contributed by atoms with E-state index in [9.17, 15) is 59.0 Å². The molecule has 1 aliphatic carbocycles. The Labute approximate surface area is 256 Å². The molecule has 0 saturated heterocycles. The van der Waals surface area contributed by atoms with Gasteiger partial charge in [-0.1, -0.05) is 35.3 Å². The van der Waals surface area contributed by atoms with Gasteiger partial charge < -0.3 is 20.1 Å². The summed E-state index contributed by atoms with van der Waals surface area (Å²) in [7, 11) is 1.17. The molecule has 1 aromatic carbocycles. The average Bonchev–Trinajstić information content (AvgIpc) is 3.32. The van der Waals surface area contributed by atoms with Crippen molar-refractivity contribution >= 4 is 52.3 Å². The first-order valence-electron chi connectivity index (χ1n) is 12.2. The number of aromatic nitrogens is 1. The van der Waals surface area contributed by atoms with Gasteiger partial charge in [0.15, 0.2) is 5.01 Å². The lowest BCUT2D eigenvalue weighted by Gasteiger charge is -2.33. The predicted octanol–water partition coefficient (Wildman–Crippen LogP) is 6.13. The van der Waals surface area contributed by atoms with Crippen molar-refractivity contribution in [2.24, 2.45) is 5.92 Å². The minimum atomic E-state index is -6.33. The summed E-state index contributed by atoms with van der Waals surface area (Å²) in [6.07, 6.45) is -17.2. The van der Waals surface area contributed by atoms with E-state index in [2.05, 4.69) is 15.0 Å². The highest BCUT2D eigenvalue weighted by molar-refractivity contribution is 7.17. The standard InChI is InChI=1S/C24H20Cl2F9N3O5S/c1-3-38(8-21(27,28)29)19(40)15-16(44-18(37-15)17(39)36-10-6-9(7-10)20(41)43-2)11-4-5-12(14(26)13(11)25)22(42,23(30,31)32)24(33,34)35/h4-5,9-10,42H,3,6-8H2,1-2H3,(H,36,39). The summed E-state index contributed by atoms with van der Waals surface area (Å²) in [6.45, 7) is -1.10. The highest BCUT2D eigenvalue weighted by atomic mass is 35.5. The first-order valence-corrected chi connectivity index (χ1v) is 13.7. The topological polar surface area (TPSA) is 109 Å². The molecular weight excluding hydrogens is 684 g/mol. The van der Waals surface area contributed by atoms with Crippen LogP contribution in [0.4, 0.5) is 39.5 Å². The summed E-state index contributed by atoms with van der Waals surface area (Å²) in [5, 5.41) is 9.25. The molecule has 0 radical (unpaired) electrons. The third-order valence-corrected chi connectivity index (χ3v) is 8.58. The molecule has 1 aliphatic rings. The third-order valence-electron chi connectivity index (χ3n) is 6.61. The predicted molar refractivity (Wildman–Crippen MR) is 137 cm³/mol. The number of alkyl halides is 9. The molecule has 1 heterocycles. The van der Waals surface area contributed by atoms with Crippen molar-refractivity contribution in [2.45, 2.75) is 49.9 Å². The van der Waals surface area contributed by atoms with Gasteiger partial charge >= 0.3 is 24.5 Å². The maximum Gasteiger partial charge on any atom is 0.430 e. The molecule has 0 bridgehead atoms. The number of hydrogen-bond donors (Lipinski definition) is 2. The number of aliphatic hydroxyl groups is 1. The van der Waals surface area contributed by atoms with Gasteiger partial charge in [0.2, 0.25) is 0 Å². The van der Waals surface area contributed by atoms with Crippen molar-refractivity contribution in [1.29, 1.82) is 0 Å². The van der Waals surface area contributed by atoms with E-state index in [1.165, 1.54) is 14.0 Å². The summed E-state index contributed by atoms with van der Waals surface area (Å²) in [5.74, 6) is -3.39. The zero-order valence-electron chi connectivity index (χ0n) is 22.2.